The van der Waals surface area contributed by atoms with Crippen molar-refractivity contribution >= 4 is 21.1 Å². The first-order valence-corrected chi connectivity index (χ1v) is 9.51. The summed E-state index contributed by atoms with van der Waals surface area (Å²) in [6.45, 7) is 1.90. The lowest BCUT2D eigenvalue weighted by molar-refractivity contribution is 0.486. The molecule has 0 bridgehead atoms. The summed E-state index contributed by atoms with van der Waals surface area (Å²) in [5.74, 6) is 0.277. The highest BCUT2D eigenvalue weighted by Gasteiger charge is 2.16. The molecule has 0 aliphatic rings. The monoisotopic (exact) mass is 364 g/mol. The molecule has 3 aromatic carbocycles. The second-order valence-electron chi connectivity index (χ2n) is 6.05. The Hall–Kier alpha value is -3.05. The molecule has 0 aliphatic heterocycles. The van der Waals surface area contributed by atoms with Gasteiger partial charge in [0.05, 0.1) is 6.26 Å². The van der Waals surface area contributed by atoms with E-state index in [-0.39, 0.29) is 10.6 Å². The van der Waals surface area contributed by atoms with Crippen molar-refractivity contribution in [3.8, 4) is 16.9 Å². The number of rotatable bonds is 4. The first-order valence-electron chi connectivity index (χ1n) is 8.10. The third-order valence-electron chi connectivity index (χ3n) is 4.16. The molecule has 0 atom stereocenters. The van der Waals surface area contributed by atoms with Gasteiger partial charge in [-0.15, -0.1) is 0 Å². The van der Waals surface area contributed by atoms with Crippen LogP contribution in [0.15, 0.2) is 88.4 Å². The van der Waals surface area contributed by atoms with Gasteiger partial charge in [-0.05, 0) is 60.5 Å². The Morgan fingerprint density at radius 2 is 1.50 bits per heavy atom. The summed E-state index contributed by atoms with van der Waals surface area (Å²) >= 11 is 0. The van der Waals surface area contributed by atoms with Gasteiger partial charge in [-0.3, -0.25) is 0 Å². The van der Waals surface area contributed by atoms with Gasteiger partial charge in [0.15, 0.2) is 0 Å². The topological polar surface area (TPSA) is 56.5 Å². The van der Waals surface area contributed by atoms with E-state index in [1.807, 2.05) is 43.3 Å². The Morgan fingerprint density at radius 1 is 0.808 bits per heavy atom. The van der Waals surface area contributed by atoms with E-state index in [0.717, 1.165) is 27.7 Å². The van der Waals surface area contributed by atoms with Gasteiger partial charge in [0.2, 0.25) is 0 Å². The van der Waals surface area contributed by atoms with E-state index in [9.17, 15) is 8.42 Å². The van der Waals surface area contributed by atoms with Gasteiger partial charge in [-0.2, -0.15) is 8.42 Å². The summed E-state index contributed by atoms with van der Waals surface area (Å²) in [5.41, 5.74) is 3.81. The normalized spacial score (nSPS) is 11.6. The Kier molecular flexibility index (Phi) is 4.01. The van der Waals surface area contributed by atoms with Crippen molar-refractivity contribution in [3.63, 3.8) is 0 Å². The number of furan rings is 1. The third kappa shape index (κ3) is 3.21. The molecular weight excluding hydrogens is 348 g/mol. The van der Waals surface area contributed by atoms with Crippen LogP contribution in [0.5, 0.6) is 5.75 Å². The lowest BCUT2D eigenvalue weighted by Gasteiger charge is -2.08. The standard InChI is InChI=1S/C21H16O4S/c1-15-2-9-20(10-3-15)26(22,23)25-19-7-4-16(5-8-19)17-6-11-21-18(14-17)12-13-24-21/h2-14H,1H3. The number of hydrogen-bond acceptors (Lipinski definition) is 4. The molecule has 1 aromatic heterocycles. The maximum absolute atomic E-state index is 12.4. The number of fused-ring (bicyclic) bond motifs is 1. The van der Waals surface area contributed by atoms with Crippen LogP contribution >= 0.6 is 0 Å². The van der Waals surface area contributed by atoms with Crippen LogP contribution in [-0.4, -0.2) is 8.42 Å². The highest BCUT2D eigenvalue weighted by Crippen LogP contribution is 2.27. The minimum absolute atomic E-state index is 0.137. The summed E-state index contributed by atoms with van der Waals surface area (Å²) in [7, 11) is -3.84. The van der Waals surface area contributed by atoms with Crippen LogP contribution in [0.1, 0.15) is 5.56 Å². The summed E-state index contributed by atoms with van der Waals surface area (Å²) in [4.78, 5) is 0.137. The molecule has 0 fully saturated rings. The smallest absolute Gasteiger partial charge is 0.339 e. The molecular formula is C21H16O4S. The van der Waals surface area contributed by atoms with Gasteiger partial charge < -0.3 is 8.60 Å². The zero-order chi connectivity index (χ0) is 18.1. The van der Waals surface area contributed by atoms with E-state index in [0.29, 0.717) is 0 Å². The molecule has 4 nitrogen and oxygen atoms in total. The van der Waals surface area contributed by atoms with Gasteiger partial charge in [0.1, 0.15) is 16.2 Å². The Balaban J connectivity index is 1.58. The number of hydrogen-bond donors (Lipinski definition) is 0. The van der Waals surface area contributed by atoms with Crippen molar-refractivity contribution < 1.29 is 17.0 Å². The summed E-state index contributed by atoms with van der Waals surface area (Å²) in [5, 5.41) is 1.02. The quantitative estimate of drug-likeness (QED) is 0.468. The fraction of sp³-hybridized carbons (Fsp3) is 0.0476. The van der Waals surface area contributed by atoms with Crippen molar-refractivity contribution in [3.05, 3.63) is 84.6 Å². The van der Waals surface area contributed by atoms with Crippen molar-refractivity contribution in [2.75, 3.05) is 0 Å². The molecule has 4 aromatic rings. The summed E-state index contributed by atoms with van der Waals surface area (Å²) in [6, 6.07) is 21.3. The lowest BCUT2D eigenvalue weighted by atomic mass is 10.0. The molecule has 5 heteroatoms. The summed E-state index contributed by atoms with van der Waals surface area (Å²) in [6.07, 6.45) is 1.65. The van der Waals surface area contributed by atoms with Gasteiger partial charge in [0, 0.05) is 5.39 Å². The van der Waals surface area contributed by atoms with Crippen LogP contribution in [0, 0.1) is 6.92 Å². The Morgan fingerprint density at radius 3 is 2.23 bits per heavy atom. The fourth-order valence-electron chi connectivity index (χ4n) is 2.73. The van der Waals surface area contributed by atoms with Gasteiger partial charge in [-0.25, -0.2) is 0 Å². The summed E-state index contributed by atoms with van der Waals surface area (Å²) < 4.78 is 35.3. The maximum Gasteiger partial charge on any atom is 0.339 e. The Bertz CT molecular complexity index is 1150. The van der Waals surface area contributed by atoms with E-state index >= 15 is 0 Å². The van der Waals surface area contributed by atoms with Crippen LogP contribution in [0.3, 0.4) is 0 Å². The molecule has 130 valence electrons. The first-order chi connectivity index (χ1) is 12.5. The minimum atomic E-state index is -3.84. The van der Waals surface area contributed by atoms with Crippen LogP contribution < -0.4 is 4.18 Å². The van der Waals surface area contributed by atoms with Crippen LogP contribution in [-0.2, 0) is 10.1 Å². The Labute approximate surface area is 151 Å². The second-order valence-corrected chi connectivity index (χ2v) is 7.59. The molecule has 26 heavy (non-hydrogen) atoms. The van der Waals surface area contributed by atoms with E-state index < -0.39 is 10.1 Å². The highest BCUT2D eigenvalue weighted by atomic mass is 32.2. The third-order valence-corrected chi connectivity index (χ3v) is 5.42. The predicted octanol–water partition coefficient (Wildman–Crippen LogP) is 5.18. The van der Waals surface area contributed by atoms with Crippen molar-refractivity contribution in [2.45, 2.75) is 11.8 Å². The first kappa shape index (κ1) is 16.4. The van der Waals surface area contributed by atoms with Gasteiger partial charge in [-0.1, -0.05) is 35.9 Å². The predicted molar refractivity (Wildman–Crippen MR) is 101 cm³/mol. The molecule has 0 unspecified atom stereocenters. The van der Waals surface area contributed by atoms with E-state index in [2.05, 4.69) is 0 Å². The molecule has 0 amide bonds. The van der Waals surface area contributed by atoms with Crippen molar-refractivity contribution in [1.82, 2.24) is 0 Å². The zero-order valence-corrected chi connectivity index (χ0v) is 14.9. The van der Waals surface area contributed by atoms with Crippen LogP contribution in [0.4, 0.5) is 0 Å². The van der Waals surface area contributed by atoms with Crippen LogP contribution in [0.25, 0.3) is 22.1 Å². The zero-order valence-electron chi connectivity index (χ0n) is 14.0. The molecule has 0 aliphatic carbocycles. The fourth-order valence-corrected chi connectivity index (χ4v) is 3.66. The molecule has 0 radical (unpaired) electrons. The van der Waals surface area contributed by atoms with Gasteiger partial charge in [0.25, 0.3) is 0 Å². The van der Waals surface area contributed by atoms with Crippen molar-refractivity contribution in [1.29, 1.82) is 0 Å². The minimum Gasteiger partial charge on any atom is -0.464 e. The van der Waals surface area contributed by atoms with Crippen LogP contribution in [0.2, 0.25) is 0 Å². The van der Waals surface area contributed by atoms with E-state index in [1.54, 1.807) is 42.7 Å². The number of aryl methyl sites for hydroxylation is 1. The van der Waals surface area contributed by atoms with E-state index in [4.69, 9.17) is 8.60 Å². The second kappa shape index (κ2) is 6.35. The largest absolute Gasteiger partial charge is 0.464 e. The molecule has 0 spiro atoms. The SMILES string of the molecule is Cc1ccc(S(=O)(=O)Oc2ccc(-c3ccc4occc4c3)cc2)cc1. The molecule has 1 heterocycles. The maximum atomic E-state index is 12.4. The highest BCUT2D eigenvalue weighted by molar-refractivity contribution is 7.87. The average Bonchev–Trinajstić information content (AvgIpc) is 3.10. The molecule has 4 rings (SSSR count). The molecule has 0 saturated heterocycles. The number of benzene rings is 3. The lowest BCUT2D eigenvalue weighted by Crippen LogP contribution is -2.09. The average molecular weight is 364 g/mol. The van der Waals surface area contributed by atoms with Crippen molar-refractivity contribution in [2.24, 2.45) is 0 Å². The van der Waals surface area contributed by atoms with Gasteiger partial charge >= 0.3 is 10.1 Å². The van der Waals surface area contributed by atoms with E-state index in [1.165, 1.54) is 0 Å². The molecule has 0 saturated carbocycles. The molecule has 0 N–H and O–H groups in total.